The minimum Gasteiger partial charge on any atom is -0.348 e. The monoisotopic (exact) mass is 239 g/mol. The van der Waals surface area contributed by atoms with Crippen LogP contribution in [0.25, 0.3) is 0 Å². The van der Waals surface area contributed by atoms with Crippen molar-refractivity contribution >= 4 is 0 Å². The van der Waals surface area contributed by atoms with Gasteiger partial charge in [0.05, 0.1) is 19.8 Å². The molecule has 2 fully saturated rings. The Morgan fingerprint density at radius 1 is 1.29 bits per heavy atom. The third-order valence-electron chi connectivity index (χ3n) is 3.50. The summed E-state index contributed by atoms with van der Waals surface area (Å²) in [4.78, 5) is 0. The predicted octanol–water partition coefficient (Wildman–Crippen LogP) is -0.0250. The average Bonchev–Trinajstić information content (AvgIpc) is 3.01. The molecule has 1 aromatic heterocycles. The fourth-order valence-corrected chi connectivity index (χ4v) is 2.54. The molecule has 1 aliphatic heterocycles. The summed E-state index contributed by atoms with van der Waals surface area (Å²) >= 11 is 0. The first-order valence-electron chi connectivity index (χ1n) is 6.10. The number of aromatic nitrogens is 4. The molecule has 0 atom stereocenters. The van der Waals surface area contributed by atoms with Gasteiger partial charge in [0.15, 0.2) is 11.6 Å². The van der Waals surface area contributed by atoms with Crippen molar-refractivity contribution in [1.29, 1.82) is 0 Å². The van der Waals surface area contributed by atoms with Crippen LogP contribution in [0.5, 0.6) is 0 Å². The molecule has 0 bridgehead atoms. The first kappa shape index (κ1) is 11.1. The van der Waals surface area contributed by atoms with Crippen molar-refractivity contribution in [3.05, 3.63) is 5.82 Å². The molecule has 1 spiro atoms. The number of H-pyrrole nitrogens is 1. The Bertz CT molecular complexity index is 340. The van der Waals surface area contributed by atoms with E-state index in [2.05, 4.69) is 25.9 Å². The van der Waals surface area contributed by atoms with E-state index in [-0.39, 0.29) is 5.79 Å². The zero-order valence-corrected chi connectivity index (χ0v) is 9.69. The number of rotatable bonds is 3. The summed E-state index contributed by atoms with van der Waals surface area (Å²) in [6, 6.07) is 0.493. The van der Waals surface area contributed by atoms with Gasteiger partial charge in [-0.05, 0) is 12.8 Å². The van der Waals surface area contributed by atoms with Gasteiger partial charge < -0.3 is 14.8 Å². The van der Waals surface area contributed by atoms with Crippen LogP contribution in [0.4, 0.5) is 0 Å². The van der Waals surface area contributed by atoms with Crippen LogP contribution in [0.15, 0.2) is 0 Å². The van der Waals surface area contributed by atoms with Crippen molar-refractivity contribution in [3.8, 4) is 0 Å². The van der Waals surface area contributed by atoms with Gasteiger partial charge in [0.2, 0.25) is 0 Å². The van der Waals surface area contributed by atoms with Crippen molar-refractivity contribution < 1.29 is 9.47 Å². The molecule has 2 aliphatic rings. The molecule has 2 heterocycles. The number of nitrogens with one attached hydrogen (secondary N) is 2. The molecule has 1 aromatic rings. The van der Waals surface area contributed by atoms with E-state index in [1.54, 1.807) is 0 Å². The lowest BCUT2D eigenvalue weighted by molar-refractivity contribution is -0.179. The Morgan fingerprint density at radius 2 is 2.06 bits per heavy atom. The van der Waals surface area contributed by atoms with E-state index >= 15 is 0 Å². The molecule has 17 heavy (non-hydrogen) atoms. The first-order valence-corrected chi connectivity index (χ1v) is 6.10. The lowest BCUT2D eigenvalue weighted by atomic mass is 9.90. The molecule has 1 aliphatic carbocycles. The third kappa shape index (κ3) is 2.46. The van der Waals surface area contributed by atoms with Crippen LogP contribution in [0.2, 0.25) is 0 Å². The summed E-state index contributed by atoms with van der Waals surface area (Å²) < 4.78 is 11.4. The summed E-state index contributed by atoms with van der Waals surface area (Å²) in [5, 5.41) is 17.2. The molecular weight excluding hydrogens is 222 g/mol. The van der Waals surface area contributed by atoms with Gasteiger partial charge in [-0.2, -0.15) is 5.21 Å². The third-order valence-corrected chi connectivity index (χ3v) is 3.50. The van der Waals surface area contributed by atoms with E-state index in [4.69, 9.17) is 9.47 Å². The van der Waals surface area contributed by atoms with Crippen LogP contribution in [0.1, 0.15) is 31.5 Å². The van der Waals surface area contributed by atoms with Crippen LogP contribution in [-0.4, -0.2) is 45.7 Å². The fourth-order valence-electron chi connectivity index (χ4n) is 2.54. The maximum absolute atomic E-state index is 5.69. The normalized spacial score (nSPS) is 24.5. The van der Waals surface area contributed by atoms with Crippen molar-refractivity contribution in [2.24, 2.45) is 0 Å². The highest BCUT2D eigenvalue weighted by molar-refractivity contribution is 4.86. The van der Waals surface area contributed by atoms with Crippen molar-refractivity contribution in [3.63, 3.8) is 0 Å². The topological polar surface area (TPSA) is 85.0 Å². The van der Waals surface area contributed by atoms with Gasteiger partial charge >= 0.3 is 0 Å². The van der Waals surface area contributed by atoms with Gasteiger partial charge in [-0.25, -0.2) is 0 Å². The van der Waals surface area contributed by atoms with Crippen LogP contribution >= 0.6 is 0 Å². The number of ether oxygens (including phenoxy) is 2. The van der Waals surface area contributed by atoms with Crippen LogP contribution in [0, 0.1) is 0 Å². The second kappa shape index (κ2) is 4.67. The van der Waals surface area contributed by atoms with E-state index in [1.807, 2.05) is 0 Å². The summed E-state index contributed by atoms with van der Waals surface area (Å²) in [7, 11) is 0. The quantitative estimate of drug-likeness (QED) is 0.770. The number of tetrazole rings is 1. The molecule has 1 saturated carbocycles. The highest BCUT2D eigenvalue weighted by Crippen LogP contribution is 2.35. The SMILES string of the molecule is C1COC2(CCC(NCc3nn[nH]n3)CC2)O1. The highest BCUT2D eigenvalue weighted by atomic mass is 16.7. The van der Waals surface area contributed by atoms with Crippen LogP contribution < -0.4 is 5.32 Å². The molecule has 0 unspecified atom stereocenters. The van der Waals surface area contributed by atoms with Crippen LogP contribution in [0.3, 0.4) is 0 Å². The molecule has 1 saturated heterocycles. The molecule has 0 radical (unpaired) electrons. The summed E-state index contributed by atoms with van der Waals surface area (Å²) in [5.41, 5.74) is 0. The van der Waals surface area contributed by atoms with Gasteiger partial charge in [0.25, 0.3) is 0 Å². The summed E-state index contributed by atoms with van der Waals surface area (Å²) in [6.45, 7) is 2.14. The van der Waals surface area contributed by atoms with E-state index in [0.29, 0.717) is 18.4 Å². The van der Waals surface area contributed by atoms with Gasteiger partial charge in [-0.1, -0.05) is 5.21 Å². The van der Waals surface area contributed by atoms with E-state index in [1.165, 1.54) is 0 Å². The van der Waals surface area contributed by atoms with Crippen LogP contribution in [-0.2, 0) is 16.0 Å². The molecule has 3 rings (SSSR count). The van der Waals surface area contributed by atoms with E-state index in [0.717, 1.165) is 38.9 Å². The lowest BCUT2D eigenvalue weighted by Crippen LogP contribution is -2.41. The second-order valence-corrected chi connectivity index (χ2v) is 4.59. The predicted molar refractivity (Wildman–Crippen MR) is 57.9 cm³/mol. The molecule has 0 amide bonds. The minimum atomic E-state index is -0.273. The zero-order valence-electron chi connectivity index (χ0n) is 9.69. The summed E-state index contributed by atoms with van der Waals surface area (Å²) in [6.07, 6.45) is 4.07. The second-order valence-electron chi connectivity index (χ2n) is 4.59. The average molecular weight is 239 g/mol. The standard InChI is InChI=1S/C10H17N5O2/c1-3-10(16-5-6-17-10)4-2-8(1)11-7-9-12-14-15-13-9/h8,11H,1-7H2,(H,12,13,14,15). The Labute approximate surface area is 99.3 Å². The smallest absolute Gasteiger partial charge is 0.188 e. The maximum atomic E-state index is 5.69. The van der Waals surface area contributed by atoms with Gasteiger partial charge in [-0.3, -0.25) is 0 Å². The van der Waals surface area contributed by atoms with E-state index < -0.39 is 0 Å². The Morgan fingerprint density at radius 3 is 2.71 bits per heavy atom. The number of hydrogen-bond donors (Lipinski definition) is 2. The Kier molecular flexibility index (Phi) is 3.04. The molecule has 2 N–H and O–H groups in total. The Balaban J connectivity index is 1.45. The zero-order chi connectivity index (χ0) is 11.6. The molecular formula is C10H17N5O2. The lowest BCUT2D eigenvalue weighted by Gasteiger charge is -2.35. The highest BCUT2D eigenvalue weighted by Gasteiger charge is 2.40. The first-order chi connectivity index (χ1) is 8.36. The molecule has 7 nitrogen and oxygen atoms in total. The van der Waals surface area contributed by atoms with Crippen molar-refractivity contribution in [1.82, 2.24) is 25.9 Å². The Hall–Kier alpha value is -1.05. The van der Waals surface area contributed by atoms with Gasteiger partial charge in [0, 0.05) is 18.9 Å². The van der Waals surface area contributed by atoms with Gasteiger partial charge in [-0.15, -0.1) is 10.2 Å². The van der Waals surface area contributed by atoms with Gasteiger partial charge in [0.1, 0.15) is 0 Å². The largest absolute Gasteiger partial charge is 0.348 e. The molecule has 0 aromatic carbocycles. The van der Waals surface area contributed by atoms with Crippen molar-refractivity contribution in [2.75, 3.05) is 13.2 Å². The summed E-state index contributed by atoms with van der Waals surface area (Å²) in [5.74, 6) is 0.434. The number of nitrogens with zero attached hydrogens (tertiary/aromatic N) is 3. The van der Waals surface area contributed by atoms with E-state index in [9.17, 15) is 0 Å². The molecule has 94 valence electrons. The van der Waals surface area contributed by atoms with Crippen molar-refractivity contribution in [2.45, 2.75) is 44.1 Å². The number of hydrogen-bond acceptors (Lipinski definition) is 6. The maximum Gasteiger partial charge on any atom is 0.188 e. The minimum absolute atomic E-state index is 0.273. The fraction of sp³-hybridized carbons (Fsp3) is 0.900. The molecule has 7 heteroatoms. The number of aromatic amines is 1.